The van der Waals surface area contributed by atoms with E-state index in [9.17, 15) is 17.6 Å². The fraction of sp³-hybridized carbons (Fsp3) is 0.0952. The van der Waals surface area contributed by atoms with E-state index >= 15 is 0 Å². The molecule has 0 amide bonds. The van der Waals surface area contributed by atoms with E-state index < -0.39 is 28.0 Å². The van der Waals surface area contributed by atoms with Crippen LogP contribution in [0.1, 0.15) is 27.7 Å². The Kier molecular flexibility index (Phi) is 5.46. The van der Waals surface area contributed by atoms with Gasteiger partial charge in [0.05, 0.1) is 16.3 Å². The van der Waals surface area contributed by atoms with Crippen LogP contribution in [0.4, 0.5) is 10.1 Å². The highest BCUT2D eigenvalue weighted by Gasteiger charge is 2.29. The van der Waals surface area contributed by atoms with Gasteiger partial charge in [0.2, 0.25) is 10.0 Å². The van der Waals surface area contributed by atoms with E-state index in [1.807, 2.05) is 0 Å². The van der Waals surface area contributed by atoms with Crippen molar-refractivity contribution in [2.24, 2.45) is 0 Å². The van der Waals surface area contributed by atoms with E-state index in [0.29, 0.717) is 11.3 Å². The number of sulfonamides is 1. The van der Waals surface area contributed by atoms with Gasteiger partial charge in [-0.05, 0) is 42.0 Å². The van der Waals surface area contributed by atoms with Gasteiger partial charge in [-0.3, -0.25) is 0 Å². The summed E-state index contributed by atoms with van der Waals surface area (Å²) >= 11 is 5.93. The predicted molar refractivity (Wildman–Crippen MR) is 110 cm³/mol. The molecule has 1 atom stereocenters. The maximum absolute atomic E-state index is 13.8. The van der Waals surface area contributed by atoms with Gasteiger partial charge in [-0.25, -0.2) is 17.6 Å². The quantitative estimate of drug-likeness (QED) is 0.585. The summed E-state index contributed by atoms with van der Waals surface area (Å²) < 4.78 is 46.4. The molecular weight excluding hydrogens is 431 g/mol. The van der Waals surface area contributed by atoms with E-state index in [0.717, 1.165) is 0 Å². The third kappa shape index (κ3) is 4.02. The average molecular weight is 447 g/mol. The molecule has 1 heterocycles. The van der Waals surface area contributed by atoms with Crippen molar-refractivity contribution < 1.29 is 22.3 Å². The summed E-state index contributed by atoms with van der Waals surface area (Å²) in [7, 11) is -3.67. The summed E-state index contributed by atoms with van der Waals surface area (Å²) in [6.07, 6.45) is -0.688. The molecule has 2 N–H and O–H groups in total. The number of anilines is 1. The number of nitrogens with one attached hydrogen (secondary N) is 2. The molecule has 6 nitrogen and oxygen atoms in total. The minimum absolute atomic E-state index is 0.101. The first-order chi connectivity index (χ1) is 14.3. The lowest BCUT2D eigenvalue weighted by molar-refractivity contribution is 0.0469. The van der Waals surface area contributed by atoms with Crippen LogP contribution in [0.3, 0.4) is 0 Å². The lowest BCUT2D eigenvalue weighted by atomic mass is 10.1. The molecule has 3 aromatic carbocycles. The number of hydrogen-bond acceptors (Lipinski definition) is 5. The van der Waals surface area contributed by atoms with Crippen LogP contribution in [0, 0.1) is 5.82 Å². The van der Waals surface area contributed by atoms with E-state index in [1.165, 1.54) is 36.4 Å². The molecule has 0 radical (unpaired) electrons. The molecule has 9 heteroatoms. The summed E-state index contributed by atoms with van der Waals surface area (Å²) in [6.45, 7) is -0.299. The number of halogens is 2. The Morgan fingerprint density at radius 3 is 2.50 bits per heavy atom. The zero-order valence-corrected chi connectivity index (χ0v) is 17.0. The summed E-state index contributed by atoms with van der Waals surface area (Å²) in [5.41, 5.74) is 1.45. The Balaban J connectivity index is 1.47. The first kappa shape index (κ1) is 20.3. The Bertz CT molecular complexity index is 1200. The van der Waals surface area contributed by atoms with Gasteiger partial charge in [-0.2, -0.15) is 4.72 Å². The molecule has 30 heavy (non-hydrogen) atoms. The van der Waals surface area contributed by atoms with Crippen LogP contribution in [0.15, 0.2) is 71.6 Å². The van der Waals surface area contributed by atoms with Crippen LogP contribution in [-0.2, 0) is 21.4 Å². The van der Waals surface area contributed by atoms with E-state index in [-0.39, 0.29) is 27.7 Å². The zero-order chi connectivity index (χ0) is 21.3. The maximum atomic E-state index is 13.8. The van der Waals surface area contributed by atoms with Gasteiger partial charge in [0.25, 0.3) is 0 Å². The van der Waals surface area contributed by atoms with Crippen molar-refractivity contribution >= 4 is 33.3 Å². The molecule has 0 unspecified atom stereocenters. The summed E-state index contributed by atoms with van der Waals surface area (Å²) in [6, 6.07) is 17.0. The van der Waals surface area contributed by atoms with E-state index in [1.54, 1.807) is 30.3 Å². The molecule has 4 rings (SSSR count). The van der Waals surface area contributed by atoms with Crippen molar-refractivity contribution in [2.75, 3.05) is 5.32 Å². The first-order valence-electron chi connectivity index (χ1n) is 8.93. The Hall–Kier alpha value is -2.94. The molecule has 0 aromatic heterocycles. The number of rotatable bonds is 4. The van der Waals surface area contributed by atoms with Gasteiger partial charge in [-0.1, -0.05) is 41.9 Å². The van der Waals surface area contributed by atoms with Crippen molar-refractivity contribution in [2.45, 2.75) is 17.7 Å². The minimum atomic E-state index is -3.67. The smallest absolute Gasteiger partial charge is 0.338 e. The SMILES string of the molecule is O=C(OCc1c(F)cccc1Cl)c1ccc([C@@H]2Nc3ccccc3S(=O)(=O)N2)cc1. The number of benzene rings is 3. The van der Waals surface area contributed by atoms with Crippen molar-refractivity contribution in [3.8, 4) is 0 Å². The summed E-state index contributed by atoms with van der Waals surface area (Å²) in [5, 5.41) is 3.29. The minimum Gasteiger partial charge on any atom is -0.457 e. The van der Waals surface area contributed by atoms with E-state index in [2.05, 4.69) is 10.0 Å². The van der Waals surface area contributed by atoms with Crippen LogP contribution in [0.2, 0.25) is 5.02 Å². The third-order valence-corrected chi connectivity index (χ3v) is 6.47. The van der Waals surface area contributed by atoms with Gasteiger partial charge in [-0.15, -0.1) is 0 Å². The second-order valence-electron chi connectivity index (χ2n) is 6.59. The first-order valence-corrected chi connectivity index (χ1v) is 10.8. The normalized spacial score (nSPS) is 16.9. The molecule has 3 aromatic rings. The van der Waals surface area contributed by atoms with Gasteiger partial charge in [0, 0.05) is 5.56 Å². The average Bonchev–Trinajstić information content (AvgIpc) is 2.73. The fourth-order valence-electron chi connectivity index (χ4n) is 3.08. The Labute approximate surface area is 177 Å². The van der Waals surface area contributed by atoms with Crippen molar-refractivity contribution in [3.63, 3.8) is 0 Å². The molecule has 0 saturated heterocycles. The molecule has 0 bridgehead atoms. The van der Waals surface area contributed by atoms with Crippen LogP contribution >= 0.6 is 11.6 Å². The lowest BCUT2D eigenvalue weighted by Gasteiger charge is -2.28. The Morgan fingerprint density at radius 1 is 1.03 bits per heavy atom. The third-order valence-electron chi connectivity index (χ3n) is 4.64. The topological polar surface area (TPSA) is 84.5 Å². The monoisotopic (exact) mass is 446 g/mol. The largest absolute Gasteiger partial charge is 0.457 e. The number of carbonyl (C=O) groups excluding carboxylic acids is 1. The molecule has 1 aliphatic rings. The maximum Gasteiger partial charge on any atom is 0.338 e. The van der Waals surface area contributed by atoms with Crippen molar-refractivity contribution in [1.82, 2.24) is 4.72 Å². The van der Waals surface area contributed by atoms with Crippen molar-refractivity contribution in [1.29, 1.82) is 0 Å². The molecule has 0 saturated carbocycles. The van der Waals surface area contributed by atoms with Gasteiger partial charge in [0.1, 0.15) is 23.5 Å². The number of fused-ring (bicyclic) bond motifs is 1. The number of carbonyl (C=O) groups is 1. The Morgan fingerprint density at radius 2 is 1.77 bits per heavy atom. The summed E-state index contributed by atoms with van der Waals surface area (Å²) in [4.78, 5) is 12.5. The van der Waals surface area contributed by atoms with E-state index in [4.69, 9.17) is 16.3 Å². The van der Waals surface area contributed by atoms with Gasteiger partial charge in [0.15, 0.2) is 0 Å². The number of para-hydroxylation sites is 1. The molecule has 0 spiro atoms. The number of esters is 1. The standard InChI is InChI=1S/C21H16ClFN2O4S/c22-16-4-3-5-17(23)15(16)12-29-21(26)14-10-8-13(9-11-14)20-24-18-6-1-2-7-19(18)30(27,28)25-20/h1-11,20,24-25H,12H2/t20-/m1/s1. The second-order valence-corrected chi connectivity index (χ2v) is 8.68. The highest BCUT2D eigenvalue weighted by Crippen LogP contribution is 2.30. The molecular formula is C21H16ClFN2O4S. The highest BCUT2D eigenvalue weighted by atomic mass is 35.5. The zero-order valence-electron chi connectivity index (χ0n) is 15.4. The predicted octanol–water partition coefficient (Wildman–Crippen LogP) is 4.24. The van der Waals surface area contributed by atoms with Crippen LogP contribution in [-0.4, -0.2) is 14.4 Å². The van der Waals surface area contributed by atoms with Crippen LogP contribution in [0.25, 0.3) is 0 Å². The fourth-order valence-corrected chi connectivity index (χ4v) is 4.60. The van der Waals surface area contributed by atoms with Crippen LogP contribution in [0.5, 0.6) is 0 Å². The van der Waals surface area contributed by atoms with Crippen molar-refractivity contribution in [3.05, 3.63) is 94.3 Å². The molecule has 154 valence electrons. The van der Waals surface area contributed by atoms with Crippen LogP contribution < -0.4 is 10.0 Å². The highest BCUT2D eigenvalue weighted by molar-refractivity contribution is 7.89. The molecule has 0 aliphatic carbocycles. The van der Waals surface area contributed by atoms with Gasteiger partial charge < -0.3 is 10.1 Å². The number of hydrogen-bond donors (Lipinski definition) is 2. The molecule has 1 aliphatic heterocycles. The molecule has 0 fully saturated rings. The lowest BCUT2D eigenvalue weighted by Crippen LogP contribution is -2.38. The second kappa shape index (κ2) is 8.06. The number of ether oxygens (including phenoxy) is 1. The summed E-state index contributed by atoms with van der Waals surface area (Å²) in [5.74, 6) is -1.20. The van der Waals surface area contributed by atoms with Gasteiger partial charge >= 0.3 is 5.97 Å².